The Balaban J connectivity index is 2.09. The van der Waals surface area contributed by atoms with E-state index in [1.165, 1.54) is 24.0 Å². The molecule has 2 aromatic rings. The first-order chi connectivity index (χ1) is 13.9. The molecule has 30 heavy (non-hydrogen) atoms. The lowest BCUT2D eigenvalue weighted by Gasteiger charge is -2.32. The van der Waals surface area contributed by atoms with Gasteiger partial charge in [0.2, 0.25) is 5.82 Å². The zero-order valence-electron chi connectivity index (χ0n) is 16.6. The van der Waals surface area contributed by atoms with Crippen molar-refractivity contribution < 1.29 is 36.2 Å². The van der Waals surface area contributed by atoms with Crippen LogP contribution in [-0.2, 0) is 16.6 Å². The highest BCUT2D eigenvalue weighted by molar-refractivity contribution is 5.94. The first-order valence-electron chi connectivity index (χ1n) is 8.96. The molecule has 1 fully saturated rings. The zero-order chi connectivity index (χ0) is 22.4. The number of nitrogens with zero attached hydrogens (tertiary/aromatic N) is 2. The quantitative estimate of drug-likeness (QED) is 0.746. The lowest BCUT2D eigenvalue weighted by molar-refractivity contribution is -0.272. The number of halogens is 5. The number of alkyl halides is 3. The monoisotopic (exact) mass is 433 g/mol. The first-order valence-corrected chi connectivity index (χ1v) is 8.96. The summed E-state index contributed by atoms with van der Waals surface area (Å²) in [5, 5.41) is 2.41. The summed E-state index contributed by atoms with van der Waals surface area (Å²) in [6.45, 7) is 2.07. The normalized spacial score (nSPS) is 26.6. The maximum absolute atomic E-state index is 14.3. The average Bonchev–Trinajstić information content (AvgIpc) is 3.18. The number of hydrogen-bond donors (Lipinski definition) is 1. The van der Waals surface area contributed by atoms with Gasteiger partial charge in [0.25, 0.3) is 5.91 Å². The van der Waals surface area contributed by atoms with E-state index in [-0.39, 0.29) is 11.4 Å². The molecular weight excluding hydrogens is 413 g/mol. The van der Waals surface area contributed by atoms with Gasteiger partial charge in [-0.25, -0.2) is 9.37 Å². The summed E-state index contributed by atoms with van der Waals surface area (Å²) in [4.78, 5) is 16.8. The van der Waals surface area contributed by atoms with Gasteiger partial charge in [0.15, 0.2) is 23.0 Å². The van der Waals surface area contributed by atoms with Gasteiger partial charge in [-0.1, -0.05) is 13.0 Å². The van der Waals surface area contributed by atoms with Crippen molar-refractivity contribution in [2.24, 2.45) is 13.0 Å². The smallest absolute Gasteiger partial charge is 0.417 e. The molecule has 1 N–H and O–H groups in total. The van der Waals surface area contributed by atoms with E-state index in [0.29, 0.717) is 0 Å². The molecule has 4 atom stereocenters. The predicted octanol–water partition coefficient (Wildman–Crippen LogP) is 3.79. The highest BCUT2D eigenvalue weighted by Gasteiger charge is 2.65. The Kier molecular flexibility index (Phi) is 5.52. The largest absolute Gasteiger partial charge is 0.493 e. The van der Waals surface area contributed by atoms with Crippen LogP contribution in [0.5, 0.6) is 5.75 Å². The summed E-state index contributed by atoms with van der Waals surface area (Å²) in [5.41, 5.74) is -2.81. The van der Waals surface area contributed by atoms with E-state index < -0.39 is 53.0 Å². The molecule has 1 aliphatic heterocycles. The Bertz CT molecular complexity index is 961. The van der Waals surface area contributed by atoms with Crippen LogP contribution in [0.15, 0.2) is 24.7 Å². The van der Waals surface area contributed by atoms with E-state index in [2.05, 4.69) is 10.3 Å². The van der Waals surface area contributed by atoms with E-state index in [4.69, 9.17) is 9.47 Å². The fourth-order valence-corrected chi connectivity index (χ4v) is 3.71. The van der Waals surface area contributed by atoms with Gasteiger partial charge in [0.05, 0.1) is 13.4 Å². The van der Waals surface area contributed by atoms with Crippen LogP contribution in [0.25, 0.3) is 0 Å². The summed E-state index contributed by atoms with van der Waals surface area (Å²) in [6.07, 6.45) is -3.64. The summed E-state index contributed by atoms with van der Waals surface area (Å²) >= 11 is 0. The maximum atomic E-state index is 14.3. The molecule has 1 aliphatic rings. The number of imidazole rings is 1. The number of carbonyl (C=O) groups is 1. The first kappa shape index (κ1) is 22.0. The van der Waals surface area contributed by atoms with E-state index in [1.54, 1.807) is 7.05 Å². The maximum Gasteiger partial charge on any atom is 0.417 e. The van der Waals surface area contributed by atoms with Crippen LogP contribution >= 0.6 is 0 Å². The number of methoxy groups -OCH3 is 1. The van der Waals surface area contributed by atoms with Crippen LogP contribution in [0.3, 0.4) is 0 Å². The summed E-state index contributed by atoms with van der Waals surface area (Å²) < 4.78 is 81.2. The summed E-state index contributed by atoms with van der Waals surface area (Å²) in [7, 11) is 2.71. The predicted molar refractivity (Wildman–Crippen MR) is 96.0 cm³/mol. The molecule has 1 aromatic carbocycles. The molecule has 0 saturated carbocycles. The fourth-order valence-electron chi connectivity index (χ4n) is 3.71. The molecule has 0 unspecified atom stereocenters. The van der Waals surface area contributed by atoms with Crippen LogP contribution < -0.4 is 10.1 Å². The van der Waals surface area contributed by atoms with Crippen molar-refractivity contribution in [1.82, 2.24) is 9.55 Å². The molecule has 3 rings (SSSR count). The zero-order valence-corrected chi connectivity index (χ0v) is 16.6. The third-order valence-corrected chi connectivity index (χ3v) is 5.53. The van der Waals surface area contributed by atoms with Gasteiger partial charge in [0, 0.05) is 30.6 Å². The van der Waals surface area contributed by atoms with Crippen molar-refractivity contribution in [1.29, 1.82) is 0 Å². The number of anilines is 1. The topological polar surface area (TPSA) is 65.4 Å². The molecule has 1 saturated heterocycles. The third-order valence-electron chi connectivity index (χ3n) is 5.53. The number of benzene rings is 1. The van der Waals surface area contributed by atoms with Gasteiger partial charge < -0.3 is 19.4 Å². The molecule has 2 heterocycles. The SMILES string of the molecule is COc1c([C@H]2[C@H](C(=O)Nc3cn(C)cn3)O[C@@](C)(C(F)(F)F)[C@H]2C)ccc(F)c1F. The van der Waals surface area contributed by atoms with Crippen LogP contribution in [0.4, 0.5) is 27.8 Å². The number of aryl methyl sites for hydroxylation is 1. The van der Waals surface area contributed by atoms with Gasteiger partial charge in [-0.2, -0.15) is 17.6 Å². The molecule has 11 heteroatoms. The van der Waals surface area contributed by atoms with Crippen LogP contribution in [0.1, 0.15) is 25.3 Å². The molecule has 0 spiro atoms. The molecule has 0 radical (unpaired) electrons. The highest BCUT2D eigenvalue weighted by Crippen LogP contribution is 2.54. The molecule has 1 amide bonds. The summed E-state index contributed by atoms with van der Waals surface area (Å²) in [6, 6.07) is 1.88. The number of hydrogen-bond acceptors (Lipinski definition) is 4. The van der Waals surface area contributed by atoms with Crippen LogP contribution in [0.2, 0.25) is 0 Å². The van der Waals surface area contributed by atoms with E-state index in [9.17, 15) is 26.7 Å². The Hall–Kier alpha value is -2.69. The van der Waals surface area contributed by atoms with Gasteiger partial charge in [-0.15, -0.1) is 0 Å². The second-order valence-corrected chi connectivity index (χ2v) is 7.36. The standard InChI is InChI=1S/C19H20F5N3O3/c1-9-13(10-5-6-11(20)14(21)15(10)29-4)16(30-18(9,2)19(22,23)24)17(28)26-12-7-27(3)8-25-12/h5-9,13,16H,1-4H3,(H,26,28)/t9-,13-,16+,18+/m0/s1. The highest BCUT2D eigenvalue weighted by atomic mass is 19.4. The molecule has 164 valence electrons. The van der Waals surface area contributed by atoms with Crippen molar-refractivity contribution in [3.63, 3.8) is 0 Å². The Morgan fingerprint density at radius 1 is 1.33 bits per heavy atom. The van der Waals surface area contributed by atoms with E-state index in [1.807, 2.05) is 0 Å². The van der Waals surface area contributed by atoms with Crippen molar-refractivity contribution in [3.8, 4) is 5.75 Å². The number of carbonyl (C=O) groups excluding carboxylic acids is 1. The number of rotatable bonds is 4. The minimum Gasteiger partial charge on any atom is -0.493 e. The molecule has 6 nitrogen and oxygen atoms in total. The second-order valence-electron chi connectivity index (χ2n) is 7.36. The Morgan fingerprint density at radius 3 is 2.53 bits per heavy atom. The van der Waals surface area contributed by atoms with Gasteiger partial charge in [-0.05, 0) is 13.0 Å². The van der Waals surface area contributed by atoms with Gasteiger partial charge >= 0.3 is 6.18 Å². The lowest BCUT2D eigenvalue weighted by Crippen LogP contribution is -2.47. The van der Waals surface area contributed by atoms with Gasteiger partial charge in [-0.3, -0.25) is 4.79 Å². The Labute approximate surface area is 169 Å². The van der Waals surface area contributed by atoms with Crippen molar-refractivity contribution in [3.05, 3.63) is 41.9 Å². The minimum absolute atomic E-state index is 0.0990. The Morgan fingerprint density at radius 2 is 2.00 bits per heavy atom. The third kappa shape index (κ3) is 3.51. The molecular formula is C19H20F5N3O3. The summed E-state index contributed by atoms with van der Waals surface area (Å²) in [5.74, 6) is -6.54. The second kappa shape index (κ2) is 7.53. The van der Waals surface area contributed by atoms with Crippen molar-refractivity contribution >= 4 is 11.7 Å². The molecule has 1 aromatic heterocycles. The fraction of sp³-hybridized carbons (Fsp3) is 0.474. The lowest BCUT2D eigenvalue weighted by atomic mass is 9.77. The molecule has 0 aliphatic carbocycles. The number of nitrogens with one attached hydrogen (secondary N) is 1. The number of ether oxygens (including phenoxy) is 2. The average molecular weight is 433 g/mol. The van der Waals surface area contributed by atoms with E-state index >= 15 is 0 Å². The van der Waals surface area contributed by atoms with Crippen molar-refractivity contribution in [2.45, 2.75) is 37.6 Å². The van der Waals surface area contributed by atoms with Crippen molar-refractivity contribution in [2.75, 3.05) is 12.4 Å². The van der Waals surface area contributed by atoms with Crippen LogP contribution in [-0.4, -0.2) is 40.4 Å². The number of amides is 1. The number of aromatic nitrogens is 2. The van der Waals surface area contributed by atoms with Crippen LogP contribution in [0, 0.1) is 17.6 Å². The van der Waals surface area contributed by atoms with Gasteiger partial charge in [0.1, 0.15) is 6.10 Å². The minimum atomic E-state index is -4.82. The van der Waals surface area contributed by atoms with E-state index in [0.717, 1.165) is 26.2 Å². The molecule has 0 bridgehead atoms.